The van der Waals surface area contributed by atoms with Crippen LogP contribution in [0.25, 0.3) is 11.4 Å². The standard InChI is InChI=1S/C16H16F3N3O3/c1-3-13(23)22(8-9-24-2)10-11-4-6-12(7-5-11)14-20-15(25-21-14)16(17,18)19/h3-7H,1,8-10H2,2H3. The van der Waals surface area contributed by atoms with Crippen LogP contribution >= 0.6 is 0 Å². The molecule has 0 aliphatic rings. The highest BCUT2D eigenvalue weighted by atomic mass is 19.4. The summed E-state index contributed by atoms with van der Waals surface area (Å²) < 4.78 is 46.6. The van der Waals surface area contributed by atoms with Gasteiger partial charge in [0.05, 0.1) is 6.61 Å². The summed E-state index contributed by atoms with van der Waals surface area (Å²) in [7, 11) is 1.53. The molecule has 1 aromatic carbocycles. The molecule has 1 heterocycles. The van der Waals surface area contributed by atoms with Crippen molar-refractivity contribution in [1.82, 2.24) is 15.0 Å². The van der Waals surface area contributed by atoms with E-state index in [2.05, 4.69) is 21.2 Å². The van der Waals surface area contributed by atoms with Crippen molar-refractivity contribution < 1.29 is 27.2 Å². The molecule has 0 atom stereocenters. The third-order valence-electron chi connectivity index (χ3n) is 3.31. The molecule has 6 nitrogen and oxygen atoms in total. The first-order chi connectivity index (χ1) is 11.8. The molecule has 134 valence electrons. The van der Waals surface area contributed by atoms with Crippen molar-refractivity contribution in [2.45, 2.75) is 12.7 Å². The monoisotopic (exact) mass is 355 g/mol. The fourth-order valence-corrected chi connectivity index (χ4v) is 2.03. The molecule has 25 heavy (non-hydrogen) atoms. The fraction of sp³-hybridized carbons (Fsp3) is 0.312. The van der Waals surface area contributed by atoms with Gasteiger partial charge >= 0.3 is 12.1 Å². The van der Waals surface area contributed by atoms with Crippen molar-refractivity contribution in [2.24, 2.45) is 0 Å². The molecular formula is C16H16F3N3O3. The maximum absolute atomic E-state index is 12.5. The maximum atomic E-state index is 12.5. The Balaban J connectivity index is 2.11. The van der Waals surface area contributed by atoms with Gasteiger partial charge in [-0.25, -0.2) is 0 Å². The maximum Gasteiger partial charge on any atom is 0.471 e. The van der Waals surface area contributed by atoms with E-state index in [4.69, 9.17) is 4.74 Å². The van der Waals surface area contributed by atoms with Gasteiger partial charge in [-0.15, -0.1) is 0 Å². The Bertz CT molecular complexity index is 726. The van der Waals surface area contributed by atoms with Crippen LogP contribution in [0.5, 0.6) is 0 Å². The molecule has 0 aliphatic carbocycles. The summed E-state index contributed by atoms with van der Waals surface area (Å²) in [4.78, 5) is 16.7. The molecule has 9 heteroatoms. The third-order valence-corrected chi connectivity index (χ3v) is 3.31. The first-order valence-electron chi connectivity index (χ1n) is 7.25. The molecule has 0 fully saturated rings. The zero-order valence-electron chi connectivity index (χ0n) is 13.4. The van der Waals surface area contributed by atoms with Crippen LogP contribution in [0.15, 0.2) is 41.4 Å². The highest BCUT2D eigenvalue weighted by Crippen LogP contribution is 2.29. The number of methoxy groups -OCH3 is 1. The highest BCUT2D eigenvalue weighted by molar-refractivity contribution is 5.86. The number of alkyl halides is 3. The summed E-state index contributed by atoms with van der Waals surface area (Å²) >= 11 is 0. The zero-order valence-corrected chi connectivity index (χ0v) is 13.4. The lowest BCUT2D eigenvalue weighted by Gasteiger charge is -2.21. The molecule has 1 amide bonds. The van der Waals surface area contributed by atoms with Crippen LogP contribution in [0.3, 0.4) is 0 Å². The van der Waals surface area contributed by atoms with Crippen LogP contribution in [-0.4, -0.2) is 41.2 Å². The number of halogens is 3. The zero-order chi connectivity index (χ0) is 18.4. The number of amides is 1. The van der Waals surface area contributed by atoms with E-state index >= 15 is 0 Å². The van der Waals surface area contributed by atoms with Crippen molar-refractivity contribution in [1.29, 1.82) is 0 Å². The van der Waals surface area contributed by atoms with Crippen LogP contribution in [0.2, 0.25) is 0 Å². The van der Waals surface area contributed by atoms with Crippen LogP contribution < -0.4 is 0 Å². The second-order valence-electron chi connectivity index (χ2n) is 5.07. The van der Waals surface area contributed by atoms with Crippen molar-refractivity contribution in [3.8, 4) is 11.4 Å². The van der Waals surface area contributed by atoms with Gasteiger partial charge in [-0.2, -0.15) is 18.2 Å². The first kappa shape index (κ1) is 18.7. The lowest BCUT2D eigenvalue weighted by atomic mass is 10.1. The Hall–Kier alpha value is -2.68. The molecule has 0 radical (unpaired) electrons. The van der Waals surface area contributed by atoms with Crippen LogP contribution in [0.1, 0.15) is 11.5 Å². The number of hydrogen-bond donors (Lipinski definition) is 0. The average Bonchev–Trinajstić information content (AvgIpc) is 3.09. The quantitative estimate of drug-likeness (QED) is 0.715. The Morgan fingerprint density at radius 2 is 2.04 bits per heavy atom. The van der Waals surface area contributed by atoms with E-state index in [9.17, 15) is 18.0 Å². The Morgan fingerprint density at radius 3 is 2.56 bits per heavy atom. The molecule has 0 saturated heterocycles. The number of ether oxygens (including phenoxy) is 1. The van der Waals surface area contributed by atoms with Crippen LogP contribution in [-0.2, 0) is 22.3 Å². The van der Waals surface area contributed by atoms with E-state index in [-0.39, 0.29) is 11.7 Å². The molecule has 2 rings (SSSR count). The predicted octanol–water partition coefficient (Wildman–Crippen LogP) is 2.92. The van der Waals surface area contributed by atoms with Crippen LogP contribution in [0, 0.1) is 0 Å². The number of rotatable bonds is 7. The molecule has 0 unspecified atom stereocenters. The van der Waals surface area contributed by atoms with E-state index in [1.807, 2.05) is 0 Å². The molecule has 0 spiro atoms. The van der Waals surface area contributed by atoms with Gasteiger partial charge in [0, 0.05) is 25.8 Å². The number of hydrogen-bond acceptors (Lipinski definition) is 5. The van der Waals surface area contributed by atoms with Crippen molar-refractivity contribution in [3.63, 3.8) is 0 Å². The minimum atomic E-state index is -4.68. The number of carbonyl (C=O) groups is 1. The Labute approximate surface area is 141 Å². The van der Waals surface area contributed by atoms with Gasteiger partial charge in [-0.1, -0.05) is 36.0 Å². The predicted molar refractivity (Wildman–Crippen MR) is 82.2 cm³/mol. The largest absolute Gasteiger partial charge is 0.471 e. The summed E-state index contributed by atoms with van der Waals surface area (Å²) in [5.41, 5.74) is 1.16. The molecule has 0 bridgehead atoms. The smallest absolute Gasteiger partial charge is 0.383 e. The van der Waals surface area contributed by atoms with Gasteiger partial charge in [0.25, 0.3) is 0 Å². The first-order valence-corrected chi connectivity index (χ1v) is 7.25. The second kappa shape index (κ2) is 7.93. The normalized spacial score (nSPS) is 11.4. The van der Waals surface area contributed by atoms with Crippen molar-refractivity contribution >= 4 is 5.91 Å². The van der Waals surface area contributed by atoms with E-state index in [0.717, 1.165) is 5.56 Å². The molecule has 1 aromatic heterocycles. The SMILES string of the molecule is C=CC(=O)N(CCOC)Cc1ccc(-c2noc(C(F)(F)F)n2)cc1. The summed E-state index contributed by atoms with van der Waals surface area (Å²) in [6, 6.07) is 6.48. The molecule has 0 aliphatic heterocycles. The minimum Gasteiger partial charge on any atom is -0.383 e. The molecule has 0 saturated carbocycles. The van der Waals surface area contributed by atoms with Crippen molar-refractivity contribution in [2.75, 3.05) is 20.3 Å². The summed E-state index contributed by atoms with van der Waals surface area (Å²) in [6.45, 7) is 4.54. The van der Waals surface area contributed by atoms with E-state index in [1.165, 1.54) is 13.2 Å². The van der Waals surface area contributed by atoms with Gasteiger partial charge < -0.3 is 14.2 Å². The number of benzene rings is 1. The third kappa shape index (κ3) is 4.90. The van der Waals surface area contributed by atoms with Gasteiger partial charge in [-0.05, 0) is 11.6 Å². The fourth-order valence-electron chi connectivity index (χ4n) is 2.03. The van der Waals surface area contributed by atoms with Gasteiger partial charge in [0.15, 0.2) is 0 Å². The number of carbonyl (C=O) groups excluding carboxylic acids is 1. The second-order valence-corrected chi connectivity index (χ2v) is 5.07. The lowest BCUT2D eigenvalue weighted by Crippen LogP contribution is -2.31. The molecule has 0 N–H and O–H groups in total. The van der Waals surface area contributed by atoms with E-state index in [1.54, 1.807) is 29.2 Å². The number of aromatic nitrogens is 2. The average molecular weight is 355 g/mol. The molecule has 2 aromatic rings. The van der Waals surface area contributed by atoms with Crippen molar-refractivity contribution in [3.05, 3.63) is 48.4 Å². The minimum absolute atomic E-state index is 0.155. The van der Waals surface area contributed by atoms with Gasteiger partial charge in [0.2, 0.25) is 11.7 Å². The summed E-state index contributed by atoms with van der Waals surface area (Å²) in [6.07, 6.45) is -3.47. The van der Waals surface area contributed by atoms with Gasteiger partial charge in [0.1, 0.15) is 0 Å². The highest BCUT2D eigenvalue weighted by Gasteiger charge is 2.38. The van der Waals surface area contributed by atoms with E-state index in [0.29, 0.717) is 25.3 Å². The summed E-state index contributed by atoms with van der Waals surface area (Å²) in [5, 5.41) is 3.33. The van der Waals surface area contributed by atoms with Gasteiger partial charge in [-0.3, -0.25) is 4.79 Å². The lowest BCUT2D eigenvalue weighted by molar-refractivity contribution is -0.159. The van der Waals surface area contributed by atoms with E-state index < -0.39 is 12.1 Å². The number of nitrogens with zero attached hydrogens (tertiary/aromatic N) is 3. The Kier molecular flexibility index (Phi) is 5.92. The molecular weight excluding hydrogens is 339 g/mol. The Morgan fingerprint density at radius 1 is 1.36 bits per heavy atom. The van der Waals surface area contributed by atoms with Crippen LogP contribution in [0.4, 0.5) is 13.2 Å². The summed E-state index contributed by atoms with van der Waals surface area (Å²) in [5.74, 6) is -1.79. The topological polar surface area (TPSA) is 68.5 Å².